The van der Waals surface area contributed by atoms with Crippen LogP contribution in [-0.4, -0.2) is 61.4 Å². The Kier molecular flexibility index (Phi) is 5.49. The van der Waals surface area contributed by atoms with Crippen molar-refractivity contribution in [2.24, 2.45) is 7.05 Å². The molecule has 0 aromatic carbocycles. The Labute approximate surface area is 170 Å². The Morgan fingerprint density at radius 2 is 1.48 bits per heavy atom. The van der Waals surface area contributed by atoms with Gasteiger partial charge in [-0.05, 0) is 45.6 Å². The molecule has 1 aliphatic heterocycles. The monoisotopic (exact) mass is 399 g/mol. The number of anilines is 1. The van der Waals surface area contributed by atoms with Gasteiger partial charge in [0, 0.05) is 50.7 Å². The first kappa shape index (κ1) is 19.8. The van der Waals surface area contributed by atoms with Crippen molar-refractivity contribution < 1.29 is 0 Å². The van der Waals surface area contributed by atoms with Crippen molar-refractivity contribution in [2.45, 2.75) is 51.6 Å². The molecule has 3 heterocycles. The van der Waals surface area contributed by atoms with Crippen LogP contribution in [0.2, 0.25) is 0 Å². The van der Waals surface area contributed by atoms with Crippen LogP contribution >= 0.6 is 0 Å². The molecule has 156 valence electrons. The molecular formula is C20H29N7O2. The van der Waals surface area contributed by atoms with Crippen molar-refractivity contribution >= 4 is 5.95 Å². The lowest BCUT2D eigenvalue weighted by molar-refractivity contribution is 0.125. The summed E-state index contributed by atoms with van der Waals surface area (Å²) in [6.45, 7) is 7.90. The van der Waals surface area contributed by atoms with E-state index in [1.165, 1.54) is 17.9 Å². The van der Waals surface area contributed by atoms with Crippen LogP contribution in [0.4, 0.5) is 5.95 Å². The second-order valence-electron chi connectivity index (χ2n) is 8.21. The molecular weight excluding hydrogens is 370 g/mol. The van der Waals surface area contributed by atoms with Gasteiger partial charge < -0.3 is 4.90 Å². The molecule has 9 heteroatoms. The third-order valence-corrected chi connectivity index (χ3v) is 6.20. The molecule has 0 bridgehead atoms. The van der Waals surface area contributed by atoms with E-state index in [1.54, 1.807) is 0 Å². The van der Waals surface area contributed by atoms with Gasteiger partial charge in [-0.25, -0.2) is 19.4 Å². The summed E-state index contributed by atoms with van der Waals surface area (Å²) in [5.74, 6) is 0.839. The van der Waals surface area contributed by atoms with E-state index in [4.69, 9.17) is 0 Å². The van der Waals surface area contributed by atoms with Crippen LogP contribution in [0.25, 0.3) is 0 Å². The standard InChI is InChI=1S/C20H29N7O2/c1-14-12-15(2)23-19(22-14)26-10-8-25(9-11-26)16-4-6-17(7-5-16)27-20(29)24(3)18(28)13-21-27/h12-13,16-17H,4-11H2,1-3H3/t16-,17-. The van der Waals surface area contributed by atoms with Crippen LogP contribution < -0.4 is 16.1 Å². The molecule has 2 aliphatic rings. The maximum Gasteiger partial charge on any atom is 0.347 e. The second-order valence-corrected chi connectivity index (χ2v) is 8.21. The maximum atomic E-state index is 12.3. The van der Waals surface area contributed by atoms with Gasteiger partial charge in [-0.2, -0.15) is 5.10 Å². The smallest absolute Gasteiger partial charge is 0.338 e. The van der Waals surface area contributed by atoms with E-state index >= 15 is 0 Å². The minimum Gasteiger partial charge on any atom is -0.338 e. The van der Waals surface area contributed by atoms with Crippen LogP contribution in [0, 0.1) is 13.8 Å². The van der Waals surface area contributed by atoms with Crippen molar-refractivity contribution in [1.29, 1.82) is 0 Å². The van der Waals surface area contributed by atoms with Gasteiger partial charge in [0.2, 0.25) is 5.95 Å². The molecule has 9 nitrogen and oxygen atoms in total. The molecule has 0 spiro atoms. The van der Waals surface area contributed by atoms with Gasteiger partial charge in [0.05, 0.1) is 6.04 Å². The molecule has 0 atom stereocenters. The van der Waals surface area contributed by atoms with E-state index in [0.717, 1.165) is 73.8 Å². The number of aromatic nitrogens is 5. The Morgan fingerprint density at radius 3 is 2.10 bits per heavy atom. The van der Waals surface area contributed by atoms with Crippen LogP contribution in [0.3, 0.4) is 0 Å². The molecule has 4 rings (SSSR count). The number of hydrogen-bond donors (Lipinski definition) is 0. The first-order chi connectivity index (χ1) is 13.9. The second kappa shape index (κ2) is 8.06. The first-order valence-corrected chi connectivity index (χ1v) is 10.4. The van der Waals surface area contributed by atoms with Crippen molar-refractivity contribution in [2.75, 3.05) is 31.1 Å². The fourth-order valence-electron chi connectivity index (χ4n) is 4.55. The summed E-state index contributed by atoms with van der Waals surface area (Å²) in [5.41, 5.74) is 1.35. The zero-order chi connectivity index (χ0) is 20.5. The van der Waals surface area contributed by atoms with E-state index in [2.05, 4.69) is 24.9 Å². The van der Waals surface area contributed by atoms with Gasteiger partial charge in [-0.3, -0.25) is 14.3 Å². The molecule has 2 aromatic rings. The predicted octanol–water partition coefficient (Wildman–Crippen LogP) is 0.655. The van der Waals surface area contributed by atoms with Crippen molar-refractivity contribution in [3.8, 4) is 0 Å². The molecule has 1 saturated heterocycles. The molecule has 2 fully saturated rings. The Bertz CT molecular complexity index is 963. The summed E-state index contributed by atoms with van der Waals surface area (Å²) in [5, 5.41) is 4.09. The Balaban J connectivity index is 1.34. The number of aryl methyl sites for hydroxylation is 2. The first-order valence-electron chi connectivity index (χ1n) is 10.4. The maximum absolute atomic E-state index is 12.3. The summed E-state index contributed by atoms with van der Waals surface area (Å²) in [6, 6.07) is 2.62. The van der Waals surface area contributed by atoms with Gasteiger partial charge in [0.25, 0.3) is 5.56 Å². The number of nitrogens with zero attached hydrogens (tertiary/aromatic N) is 7. The fraction of sp³-hybridized carbons (Fsp3) is 0.650. The average molecular weight is 399 g/mol. The van der Waals surface area contributed by atoms with E-state index < -0.39 is 0 Å². The van der Waals surface area contributed by atoms with Crippen molar-refractivity contribution in [3.63, 3.8) is 0 Å². The molecule has 2 aromatic heterocycles. The highest BCUT2D eigenvalue weighted by molar-refractivity contribution is 5.33. The van der Waals surface area contributed by atoms with Crippen molar-refractivity contribution in [1.82, 2.24) is 29.2 Å². The number of piperazine rings is 1. The zero-order valence-corrected chi connectivity index (χ0v) is 17.4. The molecule has 0 N–H and O–H groups in total. The molecule has 29 heavy (non-hydrogen) atoms. The van der Waals surface area contributed by atoms with Gasteiger partial charge in [0.1, 0.15) is 6.20 Å². The van der Waals surface area contributed by atoms with E-state index in [-0.39, 0.29) is 17.3 Å². The molecule has 1 saturated carbocycles. The zero-order valence-electron chi connectivity index (χ0n) is 17.4. The van der Waals surface area contributed by atoms with Gasteiger partial charge in [0.15, 0.2) is 0 Å². The largest absolute Gasteiger partial charge is 0.347 e. The SMILES string of the molecule is Cc1cc(C)nc(N2CCN([C@H]3CC[C@H](n4ncc(=O)n(C)c4=O)CC3)CC2)n1. The van der Waals surface area contributed by atoms with E-state index in [1.807, 2.05) is 19.9 Å². The Hall–Kier alpha value is -2.55. The molecule has 0 amide bonds. The van der Waals surface area contributed by atoms with Crippen LogP contribution in [0.1, 0.15) is 43.1 Å². The highest BCUT2D eigenvalue weighted by Gasteiger charge is 2.30. The van der Waals surface area contributed by atoms with Crippen molar-refractivity contribution in [3.05, 3.63) is 44.5 Å². The lowest BCUT2D eigenvalue weighted by atomic mass is 9.90. The summed E-state index contributed by atoms with van der Waals surface area (Å²) in [4.78, 5) is 37.9. The number of hydrogen-bond acceptors (Lipinski definition) is 7. The average Bonchev–Trinajstić information content (AvgIpc) is 2.72. The minimum atomic E-state index is -0.356. The fourth-order valence-corrected chi connectivity index (χ4v) is 4.55. The normalized spacial score (nSPS) is 23.3. The lowest BCUT2D eigenvalue weighted by Gasteiger charge is -2.42. The summed E-state index contributed by atoms with van der Waals surface area (Å²) >= 11 is 0. The summed E-state index contributed by atoms with van der Waals surface area (Å²) in [7, 11) is 1.51. The van der Waals surface area contributed by atoms with E-state index in [9.17, 15) is 9.59 Å². The van der Waals surface area contributed by atoms with E-state index in [0.29, 0.717) is 6.04 Å². The van der Waals surface area contributed by atoms with Gasteiger partial charge >= 0.3 is 5.69 Å². The molecule has 0 radical (unpaired) electrons. The highest BCUT2D eigenvalue weighted by Crippen LogP contribution is 2.30. The third kappa shape index (κ3) is 4.10. The van der Waals surface area contributed by atoms with Crippen LogP contribution in [0.15, 0.2) is 21.9 Å². The predicted molar refractivity (Wildman–Crippen MR) is 110 cm³/mol. The lowest BCUT2D eigenvalue weighted by Crippen LogP contribution is -2.52. The minimum absolute atomic E-state index is 0.0792. The van der Waals surface area contributed by atoms with Gasteiger partial charge in [-0.1, -0.05) is 0 Å². The van der Waals surface area contributed by atoms with Crippen LogP contribution in [0.5, 0.6) is 0 Å². The number of rotatable bonds is 3. The topological polar surface area (TPSA) is 89.2 Å². The van der Waals surface area contributed by atoms with Gasteiger partial charge in [-0.15, -0.1) is 0 Å². The Morgan fingerprint density at radius 1 is 0.897 bits per heavy atom. The summed E-state index contributed by atoms with van der Waals surface area (Å²) < 4.78 is 2.63. The molecule has 0 unspecified atom stereocenters. The quantitative estimate of drug-likeness (QED) is 0.749. The third-order valence-electron chi connectivity index (χ3n) is 6.20. The molecule has 1 aliphatic carbocycles. The van der Waals surface area contributed by atoms with Crippen LogP contribution in [-0.2, 0) is 7.05 Å². The summed E-state index contributed by atoms with van der Waals surface area (Å²) in [6.07, 6.45) is 5.15. The highest BCUT2D eigenvalue weighted by atomic mass is 16.2.